The molecule has 122 valence electrons. The Bertz CT molecular complexity index is 503. The maximum Gasteiger partial charge on any atom is 0.225 e. The summed E-state index contributed by atoms with van der Waals surface area (Å²) in [6.45, 7) is 5.71. The van der Waals surface area contributed by atoms with Gasteiger partial charge in [-0.15, -0.1) is 0 Å². The molecule has 1 N–H and O–H groups in total. The molecule has 1 amide bonds. The Balaban J connectivity index is 1.94. The van der Waals surface area contributed by atoms with Crippen molar-refractivity contribution >= 4 is 5.91 Å². The molecule has 0 aliphatic carbocycles. The van der Waals surface area contributed by atoms with Crippen molar-refractivity contribution in [1.29, 1.82) is 0 Å². The van der Waals surface area contributed by atoms with E-state index in [2.05, 4.69) is 5.32 Å². The molecule has 0 bridgehead atoms. The van der Waals surface area contributed by atoms with Gasteiger partial charge in [0.15, 0.2) is 11.5 Å². The van der Waals surface area contributed by atoms with Crippen LogP contribution in [-0.2, 0) is 16.1 Å². The third-order valence-electron chi connectivity index (χ3n) is 3.94. The number of carbonyl (C=O) groups is 1. The average Bonchev–Trinajstić information content (AvgIpc) is 2.54. The first-order chi connectivity index (χ1) is 10.7. The minimum atomic E-state index is -0.0571. The van der Waals surface area contributed by atoms with Crippen molar-refractivity contribution < 1.29 is 19.0 Å². The number of hydrogen-bond donors (Lipinski definition) is 1. The van der Waals surface area contributed by atoms with Crippen molar-refractivity contribution in [3.8, 4) is 11.5 Å². The minimum Gasteiger partial charge on any atom is -0.493 e. The fraction of sp³-hybridized carbons (Fsp3) is 0.588. The Morgan fingerprint density at radius 1 is 1.41 bits per heavy atom. The van der Waals surface area contributed by atoms with Crippen LogP contribution in [0.2, 0.25) is 0 Å². The van der Waals surface area contributed by atoms with Gasteiger partial charge >= 0.3 is 0 Å². The van der Waals surface area contributed by atoms with Gasteiger partial charge in [-0.1, -0.05) is 6.07 Å². The van der Waals surface area contributed by atoms with Gasteiger partial charge in [0.1, 0.15) is 0 Å². The highest BCUT2D eigenvalue weighted by Gasteiger charge is 2.28. The first-order valence-corrected chi connectivity index (χ1v) is 7.84. The smallest absolute Gasteiger partial charge is 0.225 e. The molecule has 1 heterocycles. The molecule has 0 radical (unpaired) electrons. The number of benzene rings is 1. The third kappa shape index (κ3) is 4.13. The van der Waals surface area contributed by atoms with Crippen molar-refractivity contribution in [3.05, 3.63) is 23.8 Å². The van der Waals surface area contributed by atoms with Crippen LogP contribution >= 0.6 is 0 Å². The average molecular weight is 307 g/mol. The summed E-state index contributed by atoms with van der Waals surface area (Å²) in [5.74, 6) is 1.40. The van der Waals surface area contributed by atoms with Gasteiger partial charge in [-0.3, -0.25) is 4.79 Å². The van der Waals surface area contributed by atoms with Crippen LogP contribution < -0.4 is 14.8 Å². The summed E-state index contributed by atoms with van der Waals surface area (Å²) in [7, 11) is 1.61. The van der Waals surface area contributed by atoms with Gasteiger partial charge in [-0.25, -0.2) is 0 Å². The van der Waals surface area contributed by atoms with Crippen molar-refractivity contribution in [1.82, 2.24) is 5.32 Å². The van der Waals surface area contributed by atoms with Crippen LogP contribution in [0, 0.1) is 5.92 Å². The Labute approximate surface area is 131 Å². The van der Waals surface area contributed by atoms with Gasteiger partial charge in [0, 0.05) is 13.2 Å². The summed E-state index contributed by atoms with van der Waals surface area (Å²) in [5, 5.41) is 2.99. The molecule has 5 nitrogen and oxygen atoms in total. The second-order valence-corrected chi connectivity index (χ2v) is 5.46. The van der Waals surface area contributed by atoms with Crippen molar-refractivity contribution in [2.45, 2.75) is 39.3 Å². The molecule has 1 saturated heterocycles. The van der Waals surface area contributed by atoms with E-state index in [9.17, 15) is 4.79 Å². The van der Waals surface area contributed by atoms with Gasteiger partial charge in [-0.05, 0) is 44.4 Å². The summed E-state index contributed by atoms with van der Waals surface area (Å²) in [4.78, 5) is 12.3. The quantitative estimate of drug-likeness (QED) is 0.877. The second-order valence-electron chi connectivity index (χ2n) is 5.46. The standard InChI is InChI=1S/C17H25NO4/c1-4-21-15-8-7-13(10-16(15)20-3)11-18-17(19)14-6-5-9-22-12(14)2/h7-8,10,12,14H,4-6,9,11H2,1-3H3,(H,18,19). The Morgan fingerprint density at radius 2 is 2.23 bits per heavy atom. The van der Waals surface area contributed by atoms with Crippen LogP contribution in [0.15, 0.2) is 18.2 Å². The Hall–Kier alpha value is -1.75. The predicted molar refractivity (Wildman–Crippen MR) is 84.1 cm³/mol. The zero-order chi connectivity index (χ0) is 15.9. The molecule has 1 aliphatic heterocycles. The van der Waals surface area contributed by atoms with E-state index in [0.717, 1.165) is 30.8 Å². The van der Waals surface area contributed by atoms with E-state index in [1.807, 2.05) is 32.0 Å². The molecule has 1 aliphatic rings. The molecular weight excluding hydrogens is 282 g/mol. The molecule has 0 spiro atoms. The maximum absolute atomic E-state index is 12.3. The topological polar surface area (TPSA) is 56.8 Å². The highest BCUT2D eigenvalue weighted by molar-refractivity contribution is 5.79. The molecule has 2 rings (SSSR count). The van der Waals surface area contributed by atoms with Crippen LogP contribution in [0.1, 0.15) is 32.3 Å². The third-order valence-corrected chi connectivity index (χ3v) is 3.94. The lowest BCUT2D eigenvalue weighted by molar-refractivity contribution is -0.133. The van der Waals surface area contributed by atoms with E-state index < -0.39 is 0 Å². The number of methoxy groups -OCH3 is 1. The molecular formula is C17H25NO4. The zero-order valence-electron chi connectivity index (χ0n) is 13.6. The Kier molecular flexibility index (Phi) is 6.07. The number of hydrogen-bond acceptors (Lipinski definition) is 4. The summed E-state index contributed by atoms with van der Waals surface area (Å²) in [5.41, 5.74) is 0.984. The summed E-state index contributed by atoms with van der Waals surface area (Å²) in [6, 6.07) is 5.71. The molecule has 0 saturated carbocycles. The van der Waals surface area contributed by atoms with Crippen molar-refractivity contribution in [3.63, 3.8) is 0 Å². The molecule has 0 aromatic heterocycles. The summed E-state index contributed by atoms with van der Waals surface area (Å²) >= 11 is 0. The molecule has 2 unspecified atom stereocenters. The molecule has 5 heteroatoms. The first-order valence-electron chi connectivity index (χ1n) is 7.84. The fourth-order valence-corrected chi connectivity index (χ4v) is 2.68. The SMILES string of the molecule is CCOc1ccc(CNC(=O)C2CCCOC2C)cc1OC. The van der Waals surface area contributed by atoms with Gasteiger partial charge < -0.3 is 19.5 Å². The first kappa shape index (κ1) is 16.6. The summed E-state index contributed by atoms with van der Waals surface area (Å²) < 4.78 is 16.4. The van der Waals surface area contributed by atoms with E-state index in [-0.39, 0.29) is 17.9 Å². The lowest BCUT2D eigenvalue weighted by Gasteiger charge is -2.28. The molecule has 22 heavy (non-hydrogen) atoms. The lowest BCUT2D eigenvalue weighted by atomic mass is 9.94. The van der Waals surface area contributed by atoms with Crippen LogP contribution in [-0.4, -0.2) is 32.3 Å². The van der Waals surface area contributed by atoms with E-state index in [4.69, 9.17) is 14.2 Å². The normalized spacial score (nSPS) is 21.2. The number of ether oxygens (including phenoxy) is 3. The lowest BCUT2D eigenvalue weighted by Crippen LogP contribution is -2.39. The number of rotatable bonds is 6. The van der Waals surface area contributed by atoms with Gasteiger partial charge in [0.05, 0.1) is 25.7 Å². The molecule has 1 aromatic rings. The van der Waals surface area contributed by atoms with Gasteiger partial charge in [0.25, 0.3) is 0 Å². The Morgan fingerprint density at radius 3 is 2.91 bits per heavy atom. The minimum absolute atomic E-state index is 0.0105. The second kappa shape index (κ2) is 8.03. The largest absolute Gasteiger partial charge is 0.493 e. The fourth-order valence-electron chi connectivity index (χ4n) is 2.68. The van der Waals surface area contributed by atoms with E-state index in [1.54, 1.807) is 7.11 Å². The molecule has 1 fully saturated rings. The van der Waals surface area contributed by atoms with Crippen LogP contribution in [0.3, 0.4) is 0 Å². The van der Waals surface area contributed by atoms with Crippen molar-refractivity contribution in [2.24, 2.45) is 5.92 Å². The zero-order valence-corrected chi connectivity index (χ0v) is 13.6. The predicted octanol–water partition coefficient (Wildman–Crippen LogP) is 2.53. The van der Waals surface area contributed by atoms with Crippen LogP contribution in [0.4, 0.5) is 0 Å². The number of carbonyl (C=O) groups excluding carboxylic acids is 1. The highest BCUT2D eigenvalue weighted by Crippen LogP contribution is 2.28. The molecule has 2 atom stereocenters. The highest BCUT2D eigenvalue weighted by atomic mass is 16.5. The van der Waals surface area contributed by atoms with E-state index >= 15 is 0 Å². The van der Waals surface area contributed by atoms with Gasteiger partial charge in [-0.2, -0.15) is 0 Å². The van der Waals surface area contributed by atoms with Crippen LogP contribution in [0.5, 0.6) is 11.5 Å². The summed E-state index contributed by atoms with van der Waals surface area (Å²) in [6.07, 6.45) is 1.82. The number of nitrogens with one attached hydrogen (secondary N) is 1. The van der Waals surface area contributed by atoms with E-state index in [0.29, 0.717) is 18.9 Å². The maximum atomic E-state index is 12.3. The van der Waals surface area contributed by atoms with Crippen molar-refractivity contribution in [2.75, 3.05) is 20.3 Å². The monoisotopic (exact) mass is 307 g/mol. The van der Waals surface area contributed by atoms with E-state index in [1.165, 1.54) is 0 Å². The van der Waals surface area contributed by atoms with Gasteiger partial charge in [0.2, 0.25) is 5.91 Å². The van der Waals surface area contributed by atoms with Crippen LogP contribution in [0.25, 0.3) is 0 Å². The molecule has 1 aromatic carbocycles. The number of amides is 1.